The average molecular weight is 529 g/mol. The van der Waals surface area contributed by atoms with Crippen LogP contribution in [-0.4, -0.2) is 48.5 Å². The molecule has 1 aliphatic heterocycles. The highest BCUT2D eigenvalue weighted by Gasteiger charge is 2.27. The third-order valence-corrected chi connectivity index (χ3v) is 7.21. The molecule has 3 aromatic rings. The highest BCUT2D eigenvalue weighted by atomic mass is 16.2. The molecule has 0 saturated heterocycles. The molecule has 6 nitrogen and oxygen atoms in total. The van der Waals surface area contributed by atoms with Gasteiger partial charge < -0.3 is 10.2 Å². The lowest BCUT2D eigenvalue weighted by molar-refractivity contribution is -0.145. The van der Waals surface area contributed by atoms with Crippen molar-refractivity contribution in [2.75, 3.05) is 31.6 Å². The Balaban J connectivity index is 0.00000420. The van der Waals surface area contributed by atoms with E-state index >= 15 is 0 Å². The minimum Gasteiger partial charge on any atom is -0.355 e. The van der Waals surface area contributed by atoms with Crippen molar-refractivity contribution in [3.05, 3.63) is 89.5 Å². The molecule has 1 N–H and O–H groups in total. The van der Waals surface area contributed by atoms with Crippen LogP contribution in [0.2, 0.25) is 0 Å². The van der Waals surface area contributed by atoms with Crippen LogP contribution >= 0.6 is 0 Å². The summed E-state index contributed by atoms with van der Waals surface area (Å²) >= 11 is 0. The molecule has 1 heterocycles. The topological polar surface area (TPSA) is 55.9 Å². The molecular weight excluding hydrogens is 484 g/mol. The first-order valence-corrected chi connectivity index (χ1v) is 13.6. The number of amides is 2. The first-order valence-electron chi connectivity index (χ1n) is 13.6. The number of likely N-dealkylation sites (N-methyl/N-ethyl adjacent to an activating group) is 1. The molecule has 6 heteroatoms. The van der Waals surface area contributed by atoms with E-state index < -0.39 is 0 Å². The van der Waals surface area contributed by atoms with E-state index in [0.717, 1.165) is 35.2 Å². The highest BCUT2D eigenvalue weighted by Crippen LogP contribution is 2.29. The van der Waals surface area contributed by atoms with E-state index in [1.807, 2.05) is 49.2 Å². The molecule has 1 aliphatic rings. The van der Waals surface area contributed by atoms with Crippen molar-refractivity contribution in [1.82, 2.24) is 15.3 Å². The summed E-state index contributed by atoms with van der Waals surface area (Å²) < 4.78 is 0. The van der Waals surface area contributed by atoms with Gasteiger partial charge in [0.25, 0.3) is 5.91 Å². The molecule has 0 unspecified atom stereocenters. The predicted octanol–water partition coefficient (Wildman–Crippen LogP) is 6.05. The van der Waals surface area contributed by atoms with Crippen LogP contribution in [0.25, 0.3) is 11.1 Å². The van der Waals surface area contributed by atoms with E-state index in [-0.39, 0.29) is 32.3 Å². The molecule has 0 radical (unpaired) electrons. The number of nitrogens with one attached hydrogen (secondary N) is 1. The molecule has 2 amide bonds. The van der Waals surface area contributed by atoms with Crippen LogP contribution < -0.4 is 10.2 Å². The number of hydrogen-bond acceptors (Lipinski definition) is 4. The number of nitrogens with zero attached hydrogens (tertiary/aromatic N) is 3. The third-order valence-electron chi connectivity index (χ3n) is 7.21. The molecule has 0 atom stereocenters. The first kappa shape index (κ1) is 29.9. The van der Waals surface area contributed by atoms with Crippen LogP contribution in [0.3, 0.4) is 0 Å². The average Bonchev–Trinajstić information content (AvgIpc) is 3.35. The Morgan fingerprint density at radius 3 is 2.18 bits per heavy atom. The second kappa shape index (κ2) is 13.9. The van der Waals surface area contributed by atoms with Crippen LogP contribution in [0, 0.1) is 12.8 Å². The Kier molecular flexibility index (Phi) is 10.7. The zero-order chi connectivity index (χ0) is 27.1. The predicted molar refractivity (Wildman–Crippen MR) is 161 cm³/mol. The number of carbonyl (C=O) groups is 2. The number of benzene rings is 3. The SMILES string of the molecule is C.Cc1ccc(-c2ccccc2)cc1N(CC(=O)NCCCC(C)C)CC(=O)N(C)N1Cc2ccccc2C1. The van der Waals surface area contributed by atoms with Gasteiger partial charge in [-0.15, -0.1) is 0 Å². The van der Waals surface area contributed by atoms with Gasteiger partial charge in [0.05, 0.1) is 13.1 Å². The third kappa shape index (κ3) is 7.93. The van der Waals surface area contributed by atoms with E-state index in [9.17, 15) is 9.59 Å². The summed E-state index contributed by atoms with van der Waals surface area (Å²) in [7, 11) is 1.83. The van der Waals surface area contributed by atoms with Gasteiger partial charge in [-0.2, -0.15) is 0 Å². The Morgan fingerprint density at radius 2 is 1.54 bits per heavy atom. The van der Waals surface area contributed by atoms with E-state index in [1.165, 1.54) is 11.1 Å². The second-order valence-electron chi connectivity index (χ2n) is 10.6. The number of hydrazine groups is 1. The number of aryl methyl sites for hydroxylation is 1. The van der Waals surface area contributed by atoms with Crippen LogP contribution in [0.4, 0.5) is 5.69 Å². The molecule has 39 heavy (non-hydrogen) atoms. The Hall–Kier alpha value is -3.64. The Morgan fingerprint density at radius 1 is 0.897 bits per heavy atom. The van der Waals surface area contributed by atoms with Gasteiger partial charge in [0.2, 0.25) is 5.91 Å². The molecule has 0 aromatic heterocycles. The van der Waals surface area contributed by atoms with E-state index in [0.29, 0.717) is 25.6 Å². The number of carbonyl (C=O) groups excluding carboxylic acids is 2. The standard InChI is InChI=1S/C32H40N4O2.CH4/c1-24(2)11-10-18-33-31(37)22-35(30-19-27(17-16-25(30)3)26-12-6-5-7-13-26)23-32(38)34(4)36-20-28-14-8-9-15-29(28)21-36;/h5-9,12-17,19,24H,10-11,18,20-23H2,1-4H3,(H,33,37);1H4. The van der Waals surface area contributed by atoms with Crippen LogP contribution in [0.15, 0.2) is 72.8 Å². The van der Waals surface area contributed by atoms with Gasteiger partial charge in [-0.25, -0.2) is 5.01 Å². The first-order chi connectivity index (χ1) is 18.3. The summed E-state index contributed by atoms with van der Waals surface area (Å²) in [5.74, 6) is 0.494. The fraction of sp³-hybridized carbons (Fsp3) is 0.394. The molecule has 0 aliphatic carbocycles. The van der Waals surface area contributed by atoms with Crippen molar-refractivity contribution >= 4 is 17.5 Å². The van der Waals surface area contributed by atoms with Crippen molar-refractivity contribution in [1.29, 1.82) is 0 Å². The minimum atomic E-state index is -0.0673. The summed E-state index contributed by atoms with van der Waals surface area (Å²) in [5.41, 5.74) is 6.58. The Bertz CT molecular complexity index is 1220. The largest absolute Gasteiger partial charge is 0.355 e. The van der Waals surface area contributed by atoms with Crippen molar-refractivity contribution < 1.29 is 9.59 Å². The zero-order valence-electron chi connectivity index (χ0n) is 23.1. The fourth-order valence-electron chi connectivity index (χ4n) is 4.90. The van der Waals surface area contributed by atoms with Gasteiger partial charge >= 0.3 is 0 Å². The van der Waals surface area contributed by atoms with Gasteiger partial charge in [0.1, 0.15) is 0 Å². The van der Waals surface area contributed by atoms with Crippen molar-refractivity contribution in [2.24, 2.45) is 5.92 Å². The summed E-state index contributed by atoms with van der Waals surface area (Å²) in [6, 6.07) is 24.7. The summed E-state index contributed by atoms with van der Waals surface area (Å²) in [6.07, 6.45) is 2.02. The van der Waals surface area contributed by atoms with Crippen LogP contribution in [0.5, 0.6) is 0 Å². The lowest BCUT2D eigenvalue weighted by Gasteiger charge is -2.32. The highest BCUT2D eigenvalue weighted by molar-refractivity contribution is 5.87. The second-order valence-corrected chi connectivity index (χ2v) is 10.6. The quantitative estimate of drug-likeness (QED) is 0.308. The maximum Gasteiger partial charge on any atom is 0.256 e. The summed E-state index contributed by atoms with van der Waals surface area (Å²) in [4.78, 5) is 28.5. The van der Waals surface area contributed by atoms with Gasteiger partial charge in [0, 0.05) is 32.4 Å². The molecule has 208 valence electrons. The molecule has 4 rings (SSSR count). The molecule has 3 aromatic carbocycles. The minimum absolute atomic E-state index is 0. The molecule has 0 saturated carbocycles. The number of rotatable bonds is 11. The lowest BCUT2D eigenvalue weighted by atomic mass is 10.0. The zero-order valence-corrected chi connectivity index (χ0v) is 23.1. The molecule has 0 bridgehead atoms. The van der Waals surface area contributed by atoms with Crippen molar-refractivity contribution in [3.63, 3.8) is 0 Å². The van der Waals surface area contributed by atoms with Crippen LogP contribution in [-0.2, 0) is 22.7 Å². The molecule has 0 spiro atoms. The lowest BCUT2D eigenvalue weighted by Crippen LogP contribution is -2.48. The van der Waals surface area contributed by atoms with E-state index in [4.69, 9.17) is 0 Å². The maximum atomic E-state index is 13.6. The van der Waals surface area contributed by atoms with E-state index in [2.05, 4.69) is 66.6 Å². The molecular formula is C33H44N4O2. The van der Waals surface area contributed by atoms with Gasteiger partial charge in [0.15, 0.2) is 0 Å². The normalized spacial score (nSPS) is 12.5. The number of hydrogen-bond donors (Lipinski definition) is 1. The van der Waals surface area contributed by atoms with Gasteiger partial charge in [-0.05, 0) is 59.6 Å². The fourth-order valence-corrected chi connectivity index (χ4v) is 4.90. The smallest absolute Gasteiger partial charge is 0.256 e. The van der Waals surface area contributed by atoms with Gasteiger partial charge in [-0.3, -0.25) is 14.6 Å². The Labute approximate surface area is 234 Å². The monoisotopic (exact) mass is 528 g/mol. The molecule has 0 fully saturated rings. The summed E-state index contributed by atoms with van der Waals surface area (Å²) in [5, 5.41) is 6.83. The maximum absolute atomic E-state index is 13.6. The number of anilines is 1. The van der Waals surface area contributed by atoms with Crippen LogP contribution in [0.1, 0.15) is 50.8 Å². The summed E-state index contributed by atoms with van der Waals surface area (Å²) in [6.45, 7) is 8.70. The van der Waals surface area contributed by atoms with Gasteiger partial charge in [-0.1, -0.05) is 88.0 Å². The number of fused-ring (bicyclic) bond motifs is 1. The van der Waals surface area contributed by atoms with E-state index in [1.54, 1.807) is 5.01 Å². The van der Waals surface area contributed by atoms with Crippen molar-refractivity contribution in [2.45, 2.75) is 54.1 Å². The van der Waals surface area contributed by atoms with Crippen molar-refractivity contribution in [3.8, 4) is 11.1 Å².